The van der Waals surface area contributed by atoms with E-state index in [4.69, 9.17) is 4.74 Å². The van der Waals surface area contributed by atoms with E-state index in [1.807, 2.05) is 0 Å². The quantitative estimate of drug-likeness (QED) is 0.486. The number of likely N-dealkylation sites (tertiary alicyclic amines) is 1. The number of rotatable bonds is 6. The smallest absolute Gasteiger partial charge is 0.326 e. The van der Waals surface area contributed by atoms with Gasteiger partial charge in [0.2, 0.25) is 17.7 Å². The van der Waals surface area contributed by atoms with E-state index < -0.39 is 24.2 Å². The first kappa shape index (κ1) is 22.1. The second-order valence-electron chi connectivity index (χ2n) is 7.85. The number of hydrogen-bond donors (Lipinski definition) is 0. The fraction of sp³-hybridized carbons (Fsp3) is 0.409. The summed E-state index contributed by atoms with van der Waals surface area (Å²) in [5, 5.41) is 1.84. The van der Waals surface area contributed by atoms with Crippen LogP contribution in [0.5, 0.6) is 0 Å². The monoisotopic (exact) mass is 459 g/mol. The van der Waals surface area contributed by atoms with Crippen molar-refractivity contribution >= 4 is 45.8 Å². The van der Waals surface area contributed by atoms with Crippen LogP contribution in [0.2, 0.25) is 0 Å². The summed E-state index contributed by atoms with van der Waals surface area (Å²) in [5.41, 5.74) is 0.444. The Bertz CT molecular complexity index is 1050. The minimum Gasteiger partial charge on any atom is -0.458 e. The number of hydrogen-bond acceptors (Lipinski definition) is 7. The number of esters is 1. The molecule has 1 saturated carbocycles. The van der Waals surface area contributed by atoms with Gasteiger partial charge in [0.1, 0.15) is 19.0 Å². The first-order chi connectivity index (χ1) is 15.4. The molecule has 2 atom stereocenters. The molecule has 1 aliphatic heterocycles. The molecule has 0 spiro atoms. The number of amides is 3. The Hall–Kier alpha value is -3.14. The lowest BCUT2D eigenvalue weighted by molar-refractivity contribution is -0.153. The lowest BCUT2D eigenvalue weighted by atomic mass is 9.81. The van der Waals surface area contributed by atoms with Crippen LogP contribution in [0.15, 0.2) is 29.6 Å². The van der Waals surface area contributed by atoms with Crippen LogP contribution in [-0.4, -0.2) is 40.1 Å². The Kier molecular flexibility index (Phi) is 6.31. The third-order valence-electron chi connectivity index (χ3n) is 5.74. The molecule has 1 aromatic carbocycles. The van der Waals surface area contributed by atoms with Gasteiger partial charge in [-0.3, -0.25) is 29.0 Å². The Labute approximate surface area is 188 Å². The predicted molar refractivity (Wildman–Crippen MR) is 113 cm³/mol. The summed E-state index contributed by atoms with van der Waals surface area (Å²) in [5.74, 6) is -2.92. The van der Waals surface area contributed by atoms with Crippen molar-refractivity contribution in [1.82, 2.24) is 9.88 Å². The third-order valence-corrected chi connectivity index (χ3v) is 6.61. The molecule has 2 fully saturated rings. The molecule has 0 radical (unpaired) electrons. The van der Waals surface area contributed by atoms with Gasteiger partial charge in [-0.2, -0.15) is 0 Å². The summed E-state index contributed by atoms with van der Waals surface area (Å²) in [6, 6.07) is 5.86. The van der Waals surface area contributed by atoms with Crippen molar-refractivity contribution in [1.29, 1.82) is 0 Å². The molecular formula is C22H22FN3O5S. The average molecular weight is 459 g/mol. The molecule has 8 nitrogen and oxygen atoms in total. The van der Waals surface area contributed by atoms with Gasteiger partial charge in [-0.05, 0) is 25.0 Å². The summed E-state index contributed by atoms with van der Waals surface area (Å²) in [6.07, 6.45) is 3.18. The Morgan fingerprint density at radius 2 is 1.84 bits per heavy atom. The molecule has 2 heterocycles. The van der Waals surface area contributed by atoms with Crippen molar-refractivity contribution in [3.05, 3.63) is 41.2 Å². The molecular weight excluding hydrogens is 437 g/mol. The average Bonchev–Trinajstić information content (AvgIpc) is 3.33. The van der Waals surface area contributed by atoms with Crippen molar-refractivity contribution < 1.29 is 28.3 Å². The lowest BCUT2D eigenvalue weighted by Crippen LogP contribution is -2.36. The van der Waals surface area contributed by atoms with Gasteiger partial charge < -0.3 is 4.74 Å². The number of benzene rings is 1. The predicted octanol–water partition coefficient (Wildman–Crippen LogP) is 3.19. The van der Waals surface area contributed by atoms with Crippen molar-refractivity contribution in [2.24, 2.45) is 11.8 Å². The minimum absolute atomic E-state index is 0.0745. The van der Waals surface area contributed by atoms with Crippen LogP contribution in [0.3, 0.4) is 0 Å². The van der Waals surface area contributed by atoms with Gasteiger partial charge in [0.05, 0.1) is 23.2 Å². The van der Waals surface area contributed by atoms with Crippen molar-refractivity contribution in [3.8, 4) is 0 Å². The van der Waals surface area contributed by atoms with Gasteiger partial charge in [0, 0.05) is 12.3 Å². The largest absolute Gasteiger partial charge is 0.458 e. The Morgan fingerprint density at radius 3 is 2.47 bits per heavy atom. The summed E-state index contributed by atoms with van der Waals surface area (Å²) < 4.78 is 19.4. The number of aromatic nitrogens is 1. The van der Waals surface area contributed by atoms with Crippen LogP contribution >= 0.6 is 11.3 Å². The van der Waals surface area contributed by atoms with Crippen molar-refractivity contribution in [3.63, 3.8) is 0 Å². The molecule has 4 rings (SSSR count). The first-order valence-electron chi connectivity index (χ1n) is 10.4. The van der Waals surface area contributed by atoms with E-state index >= 15 is 0 Å². The highest BCUT2D eigenvalue weighted by Crippen LogP contribution is 2.38. The number of carbonyl (C=O) groups is 4. The van der Waals surface area contributed by atoms with E-state index in [-0.39, 0.29) is 41.1 Å². The fourth-order valence-corrected chi connectivity index (χ4v) is 5.09. The zero-order valence-corrected chi connectivity index (χ0v) is 18.3. The maximum absolute atomic E-state index is 14.2. The van der Waals surface area contributed by atoms with Crippen LogP contribution in [0, 0.1) is 17.7 Å². The molecule has 1 aromatic heterocycles. The van der Waals surface area contributed by atoms with Crippen LogP contribution in [0.1, 0.15) is 38.3 Å². The molecule has 3 amide bonds. The van der Waals surface area contributed by atoms with E-state index in [0.717, 1.165) is 34.0 Å². The highest BCUT2D eigenvalue weighted by Gasteiger charge is 2.48. The van der Waals surface area contributed by atoms with Gasteiger partial charge >= 0.3 is 5.97 Å². The molecule has 168 valence electrons. The molecule has 0 N–H and O–H groups in total. The molecule has 2 aliphatic rings. The first-order valence-corrected chi connectivity index (χ1v) is 11.2. The number of ether oxygens (including phenoxy) is 1. The molecule has 1 aliphatic carbocycles. The standard InChI is InChI=1S/C22H22FN3O5S/c1-13(27)26(18-9-5-4-8-17(18)23)22-24-14(12-32-22)11-31-19(28)10-25-20(29)15-6-2-3-7-16(15)21(25)30/h4-5,8-9,12,15-16H,2-3,6-7,10-11H2,1H3. The highest BCUT2D eigenvalue weighted by atomic mass is 32.1. The summed E-state index contributed by atoms with van der Waals surface area (Å²) in [4.78, 5) is 55.8. The maximum atomic E-state index is 14.2. The molecule has 32 heavy (non-hydrogen) atoms. The number of thiazole rings is 1. The van der Waals surface area contributed by atoms with Crippen molar-refractivity contribution in [2.75, 3.05) is 11.4 Å². The molecule has 2 unspecified atom stereocenters. The SMILES string of the molecule is CC(=O)N(c1nc(COC(=O)CN2C(=O)C3CCCCC3C2=O)cs1)c1ccccc1F. The van der Waals surface area contributed by atoms with Crippen LogP contribution in [-0.2, 0) is 30.5 Å². The van der Waals surface area contributed by atoms with Crippen molar-refractivity contribution in [2.45, 2.75) is 39.2 Å². The number of para-hydroxylation sites is 1. The number of fused-ring (bicyclic) bond motifs is 1. The number of carbonyl (C=O) groups excluding carboxylic acids is 4. The fourth-order valence-electron chi connectivity index (χ4n) is 4.22. The minimum atomic E-state index is -0.711. The van der Waals surface area contributed by atoms with E-state index in [1.165, 1.54) is 25.1 Å². The number of nitrogens with zero attached hydrogens (tertiary/aromatic N) is 3. The summed E-state index contributed by atoms with van der Waals surface area (Å²) in [6.45, 7) is 0.688. The van der Waals surface area contributed by atoms with Crippen LogP contribution < -0.4 is 4.90 Å². The van der Waals surface area contributed by atoms with Crippen LogP contribution in [0.25, 0.3) is 0 Å². The van der Waals surface area contributed by atoms with E-state index in [2.05, 4.69) is 4.98 Å². The number of imide groups is 1. The zero-order chi connectivity index (χ0) is 22.8. The van der Waals surface area contributed by atoms with E-state index in [0.29, 0.717) is 18.5 Å². The third kappa shape index (κ3) is 4.27. The molecule has 2 aromatic rings. The Balaban J connectivity index is 1.38. The van der Waals surface area contributed by atoms with Gasteiger partial charge in [0.15, 0.2) is 5.13 Å². The van der Waals surface area contributed by atoms with Gasteiger partial charge in [-0.15, -0.1) is 11.3 Å². The second-order valence-corrected chi connectivity index (χ2v) is 8.68. The highest BCUT2D eigenvalue weighted by molar-refractivity contribution is 7.14. The number of halogens is 1. The Morgan fingerprint density at radius 1 is 1.19 bits per heavy atom. The summed E-state index contributed by atoms with van der Waals surface area (Å²) >= 11 is 1.11. The molecule has 1 saturated heterocycles. The molecule has 10 heteroatoms. The van der Waals surface area contributed by atoms with E-state index in [1.54, 1.807) is 11.4 Å². The normalized spacial score (nSPS) is 20.2. The second kappa shape index (κ2) is 9.15. The van der Waals surface area contributed by atoms with E-state index in [9.17, 15) is 23.6 Å². The topological polar surface area (TPSA) is 96.9 Å². The molecule has 0 bridgehead atoms. The van der Waals surface area contributed by atoms with Crippen LogP contribution in [0.4, 0.5) is 15.2 Å². The number of anilines is 2. The summed E-state index contributed by atoms with van der Waals surface area (Å²) in [7, 11) is 0. The maximum Gasteiger partial charge on any atom is 0.326 e. The van der Waals surface area contributed by atoms with Gasteiger partial charge in [-0.1, -0.05) is 25.0 Å². The van der Waals surface area contributed by atoms with Gasteiger partial charge in [-0.25, -0.2) is 9.37 Å². The lowest BCUT2D eigenvalue weighted by Gasteiger charge is -2.19. The van der Waals surface area contributed by atoms with Gasteiger partial charge in [0.25, 0.3) is 0 Å². The zero-order valence-electron chi connectivity index (χ0n) is 17.5.